The van der Waals surface area contributed by atoms with Crippen molar-refractivity contribution in [3.8, 4) is 0 Å². The molecule has 4 heteroatoms. The second kappa shape index (κ2) is 5.75. The van der Waals surface area contributed by atoms with Crippen LogP contribution in [0, 0.1) is 12.7 Å². The molecule has 3 nitrogen and oxygen atoms in total. The highest BCUT2D eigenvalue weighted by Gasteiger charge is 2.26. The van der Waals surface area contributed by atoms with E-state index in [0.717, 1.165) is 18.8 Å². The lowest BCUT2D eigenvalue weighted by Gasteiger charge is -2.24. The maximum Gasteiger partial charge on any atom is 0.126 e. The third-order valence-corrected chi connectivity index (χ3v) is 3.56. The van der Waals surface area contributed by atoms with E-state index in [1.807, 2.05) is 10.8 Å². The number of hydrogen-bond donors (Lipinski definition) is 1. The van der Waals surface area contributed by atoms with E-state index in [9.17, 15) is 9.50 Å². The topological polar surface area (TPSA) is 38.0 Å². The van der Waals surface area contributed by atoms with Crippen molar-refractivity contribution in [2.45, 2.75) is 45.8 Å². The molecule has 0 saturated heterocycles. The summed E-state index contributed by atoms with van der Waals surface area (Å²) in [5.74, 6) is 0.525. The number of rotatable bonds is 5. The molecule has 1 atom stereocenters. The maximum absolute atomic E-state index is 13.7. The number of aliphatic hydroxyl groups is 1. The molecule has 1 N–H and O–H groups in total. The standard InChI is InChI=1S/C16H21FN2O/c1-4-8-19-9-7-18-15(19)11-16(3,20)13-6-5-12(2)14(17)10-13/h5-7,9-10,20H,4,8,11H2,1-3H3. The molecule has 108 valence electrons. The first-order valence-corrected chi connectivity index (χ1v) is 6.93. The van der Waals surface area contributed by atoms with E-state index in [4.69, 9.17) is 0 Å². The van der Waals surface area contributed by atoms with Gasteiger partial charge in [0.05, 0.1) is 5.60 Å². The van der Waals surface area contributed by atoms with E-state index in [2.05, 4.69) is 11.9 Å². The minimum atomic E-state index is -1.13. The Morgan fingerprint density at radius 2 is 2.15 bits per heavy atom. The Balaban J connectivity index is 2.25. The van der Waals surface area contributed by atoms with Crippen LogP contribution in [0.25, 0.3) is 0 Å². The van der Waals surface area contributed by atoms with Crippen molar-refractivity contribution in [3.63, 3.8) is 0 Å². The van der Waals surface area contributed by atoms with Gasteiger partial charge >= 0.3 is 0 Å². The first-order valence-electron chi connectivity index (χ1n) is 6.93. The van der Waals surface area contributed by atoms with E-state index in [0.29, 0.717) is 17.5 Å². The maximum atomic E-state index is 13.7. The fourth-order valence-electron chi connectivity index (χ4n) is 2.29. The molecule has 0 bridgehead atoms. The number of benzene rings is 1. The second-order valence-corrected chi connectivity index (χ2v) is 5.45. The monoisotopic (exact) mass is 276 g/mol. The molecule has 0 aliphatic heterocycles. The minimum absolute atomic E-state index is 0.292. The molecule has 0 aliphatic carbocycles. The number of aromatic nitrogens is 2. The zero-order valence-corrected chi connectivity index (χ0v) is 12.2. The predicted molar refractivity (Wildman–Crippen MR) is 76.9 cm³/mol. The third-order valence-electron chi connectivity index (χ3n) is 3.56. The van der Waals surface area contributed by atoms with Crippen LogP contribution >= 0.6 is 0 Å². The molecule has 1 heterocycles. The Labute approximate surface area is 119 Å². The first-order chi connectivity index (χ1) is 9.44. The van der Waals surface area contributed by atoms with Gasteiger partial charge in [0.1, 0.15) is 11.6 Å². The predicted octanol–water partition coefficient (Wildman–Crippen LogP) is 3.19. The van der Waals surface area contributed by atoms with E-state index in [1.165, 1.54) is 6.07 Å². The van der Waals surface area contributed by atoms with Crippen LogP contribution in [0.3, 0.4) is 0 Å². The molecule has 0 spiro atoms. The van der Waals surface area contributed by atoms with Gasteiger partial charge in [-0.05, 0) is 37.5 Å². The molecule has 20 heavy (non-hydrogen) atoms. The van der Waals surface area contributed by atoms with E-state index in [1.54, 1.807) is 32.2 Å². The molecular formula is C16H21FN2O. The average molecular weight is 276 g/mol. The van der Waals surface area contributed by atoms with E-state index >= 15 is 0 Å². The number of nitrogens with zero attached hydrogens (tertiary/aromatic N) is 2. The zero-order valence-electron chi connectivity index (χ0n) is 12.2. The summed E-state index contributed by atoms with van der Waals surface area (Å²) in [5.41, 5.74) is 0.0226. The third kappa shape index (κ3) is 3.07. The molecule has 1 aromatic carbocycles. The second-order valence-electron chi connectivity index (χ2n) is 5.45. The van der Waals surface area contributed by atoms with Crippen LogP contribution in [0.2, 0.25) is 0 Å². The van der Waals surface area contributed by atoms with Crippen LogP contribution in [-0.4, -0.2) is 14.7 Å². The zero-order chi connectivity index (χ0) is 14.8. The quantitative estimate of drug-likeness (QED) is 0.910. The number of hydrogen-bond acceptors (Lipinski definition) is 2. The van der Waals surface area contributed by atoms with Gasteiger partial charge in [0.15, 0.2) is 0 Å². The van der Waals surface area contributed by atoms with Gasteiger partial charge in [0.2, 0.25) is 0 Å². The Hall–Kier alpha value is -1.68. The number of aryl methyl sites for hydroxylation is 2. The van der Waals surface area contributed by atoms with Gasteiger partial charge in [-0.2, -0.15) is 0 Å². The molecule has 1 aromatic heterocycles. The van der Waals surface area contributed by atoms with Gasteiger partial charge in [-0.1, -0.05) is 19.1 Å². The molecule has 2 aromatic rings. The van der Waals surface area contributed by atoms with Crippen molar-refractivity contribution >= 4 is 0 Å². The first kappa shape index (κ1) is 14.7. The molecule has 0 radical (unpaired) electrons. The molecule has 0 aliphatic rings. The smallest absolute Gasteiger partial charge is 0.126 e. The summed E-state index contributed by atoms with van der Waals surface area (Å²) in [6.45, 7) is 6.37. The van der Waals surface area contributed by atoms with Crippen LogP contribution < -0.4 is 0 Å². The van der Waals surface area contributed by atoms with Crippen LogP contribution in [0.4, 0.5) is 4.39 Å². The minimum Gasteiger partial charge on any atom is -0.385 e. The summed E-state index contributed by atoms with van der Waals surface area (Å²) in [5, 5.41) is 10.6. The van der Waals surface area contributed by atoms with Crippen LogP contribution in [0.5, 0.6) is 0 Å². The number of halogens is 1. The summed E-state index contributed by atoms with van der Waals surface area (Å²) in [6, 6.07) is 4.87. The van der Waals surface area contributed by atoms with Crippen LogP contribution in [0.1, 0.15) is 37.2 Å². The molecular weight excluding hydrogens is 255 g/mol. The lowest BCUT2D eigenvalue weighted by atomic mass is 9.91. The Bertz CT molecular complexity index is 590. The molecule has 0 saturated carbocycles. The highest BCUT2D eigenvalue weighted by molar-refractivity contribution is 5.28. The van der Waals surface area contributed by atoms with Crippen LogP contribution in [-0.2, 0) is 18.6 Å². The van der Waals surface area contributed by atoms with Gasteiger partial charge in [-0.3, -0.25) is 0 Å². The van der Waals surface area contributed by atoms with Gasteiger partial charge in [0, 0.05) is 25.4 Å². The Kier molecular flexibility index (Phi) is 4.23. The van der Waals surface area contributed by atoms with E-state index in [-0.39, 0.29) is 5.82 Å². The van der Waals surface area contributed by atoms with Gasteiger partial charge < -0.3 is 9.67 Å². The largest absolute Gasteiger partial charge is 0.385 e. The van der Waals surface area contributed by atoms with Gasteiger partial charge in [0.25, 0.3) is 0 Å². The lowest BCUT2D eigenvalue weighted by molar-refractivity contribution is 0.0542. The Morgan fingerprint density at radius 1 is 1.40 bits per heavy atom. The van der Waals surface area contributed by atoms with Gasteiger partial charge in [-0.25, -0.2) is 9.37 Å². The van der Waals surface area contributed by atoms with E-state index < -0.39 is 5.60 Å². The molecule has 2 rings (SSSR count). The lowest BCUT2D eigenvalue weighted by Crippen LogP contribution is -2.26. The number of imidazole rings is 1. The normalized spacial score (nSPS) is 14.2. The molecule has 1 unspecified atom stereocenters. The summed E-state index contributed by atoms with van der Waals surface area (Å²) in [4.78, 5) is 4.29. The van der Waals surface area contributed by atoms with Crippen molar-refractivity contribution in [1.82, 2.24) is 9.55 Å². The molecule has 0 fully saturated rings. The van der Waals surface area contributed by atoms with Crippen molar-refractivity contribution in [1.29, 1.82) is 0 Å². The van der Waals surface area contributed by atoms with Crippen molar-refractivity contribution < 1.29 is 9.50 Å². The SMILES string of the molecule is CCCn1ccnc1CC(C)(O)c1ccc(C)c(F)c1. The van der Waals surface area contributed by atoms with Crippen molar-refractivity contribution in [2.75, 3.05) is 0 Å². The van der Waals surface area contributed by atoms with Crippen molar-refractivity contribution in [2.24, 2.45) is 0 Å². The highest BCUT2D eigenvalue weighted by atomic mass is 19.1. The molecule has 0 amide bonds. The summed E-state index contributed by atoms with van der Waals surface area (Å²) in [6.07, 6.45) is 5.01. The summed E-state index contributed by atoms with van der Waals surface area (Å²) in [7, 11) is 0. The Morgan fingerprint density at radius 3 is 2.80 bits per heavy atom. The van der Waals surface area contributed by atoms with Crippen molar-refractivity contribution in [3.05, 3.63) is 53.4 Å². The average Bonchev–Trinajstić information content (AvgIpc) is 2.80. The fourth-order valence-corrected chi connectivity index (χ4v) is 2.29. The fraction of sp³-hybridized carbons (Fsp3) is 0.438. The highest BCUT2D eigenvalue weighted by Crippen LogP contribution is 2.26. The van der Waals surface area contributed by atoms with Gasteiger partial charge in [-0.15, -0.1) is 0 Å². The van der Waals surface area contributed by atoms with Crippen LogP contribution in [0.15, 0.2) is 30.6 Å². The summed E-state index contributed by atoms with van der Waals surface area (Å²) < 4.78 is 15.7. The summed E-state index contributed by atoms with van der Waals surface area (Å²) >= 11 is 0.